The molecule has 3 rings (SSSR count). The Bertz CT molecular complexity index is 1120. The standard InChI is InChI=1S/C26H30N2O3S/c1-20-15-16-25(17-21(20)2)28(32(4,30)31)22(3)26(29)27(18-23-11-7-5-8-12-23)19-24-13-9-6-10-14-24/h5-17,22H,18-19H2,1-4H3/t22-/m1/s1. The molecule has 0 unspecified atom stereocenters. The molecule has 1 amide bonds. The molecule has 0 radical (unpaired) electrons. The maximum Gasteiger partial charge on any atom is 0.246 e. The Hall–Kier alpha value is -3.12. The molecule has 32 heavy (non-hydrogen) atoms. The third-order valence-corrected chi connectivity index (χ3v) is 6.80. The minimum Gasteiger partial charge on any atom is -0.332 e. The first kappa shape index (κ1) is 23.5. The first-order valence-corrected chi connectivity index (χ1v) is 12.4. The molecule has 6 heteroatoms. The van der Waals surface area contributed by atoms with Gasteiger partial charge >= 0.3 is 0 Å². The molecule has 1 atom stereocenters. The van der Waals surface area contributed by atoms with Gasteiger partial charge in [-0.05, 0) is 55.2 Å². The molecule has 3 aromatic carbocycles. The fourth-order valence-corrected chi connectivity index (χ4v) is 4.91. The highest BCUT2D eigenvalue weighted by Crippen LogP contribution is 2.25. The van der Waals surface area contributed by atoms with Crippen LogP contribution in [0.1, 0.15) is 29.2 Å². The second kappa shape index (κ2) is 10.0. The lowest BCUT2D eigenvalue weighted by Crippen LogP contribution is -2.49. The van der Waals surface area contributed by atoms with Crippen LogP contribution in [-0.4, -0.2) is 31.5 Å². The van der Waals surface area contributed by atoms with Crippen molar-refractivity contribution in [2.75, 3.05) is 10.6 Å². The van der Waals surface area contributed by atoms with Gasteiger partial charge in [-0.25, -0.2) is 8.42 Å². The van der Waals surface area contributed by atoms with Gasteiger partial charge in [-0.3, -0.25) is 9.10 Å². The summed E-state index contributed by atoms with van der Waals surface area (Å²) in [5.41, 5.74) is 4.51. The van der Waals surface area contributed by atoms with Crippen molar-refractivity contribution >= 4 is 21.6 Å². The first-order chi connectivity index (χ1) is 15.2. The van der Waals surface area contributed by atoms with E-state index in [9.17, 15) is 13.2 Å². The number of benzene rings is 3. The van der Waals surface area contributed by atoms with Gasteiger partial charge in [0.25, 0.3) is 0 Å². The highest BCUT2D eigenvalue weighted by molar-refractivity contribution is 7.92. The second-order valence-electron chi connectivity index (χ2n) is 8.17. The molecule has 0 N–H and O–H groups in total. The predicted molar refractivity (Wildman–Crippen MR) is 130 cm³/mol. The van der Waals surface area contributed by atoms with E-state index in [1.165, 1.54) is 4.31 Å². The van der Waals surface area contributed by atoms with Crippen molar-refractivity contribution in [2.45, 2.75) is 39.9 Å². The van der Waals surface area contributed by atoms with Crippen molar-refractivity contribution in [1.82, 2.24) is 4.90 Å². The van der Waals surface area contributed by atoms with Gasteiger partial charge in [-0.1, -0.05) is 66.7 Å². The van der Waals surface area contributed by atoms with Crippen LogP contribution in [-0.2, 0) is 27.9 Å². The molecule has 0 spiro atoms. The first-order valence-electron chi connectivity index (χ1n) is 10.6. The number of rotatable bonds is 8. The fraction of sp³-hybridized carbons (Fsp3) is 0.269. The van der Waals surface area contributed by atoms with E-state index in [0.717, 1.165) is 28.5 Å². The zero-order valence-corrected chi connectivity index (χ0v) is 19.8. The number of sulfonamides is 1. The van der Waals surface area contributed by atoms with Crippen LogP contribution in [0.5, 0.6) is 0 Å². The number of nitrogens with zero attached hydrogens (tertiary/aromatic N) is 2. The molecule has 0 bridgehead atoms. The molecule has 168 valence electrons. The largest absolute Gasteiger partial charge is 0.332 e. The van der Waals surface area contributed by atoms with Crippen molar-refractivity contribution in [3.63, 3.8) is 0 Å². The van der Waals surface area contributed by atoms with Crippen LogP contribution >= 0.6 is 0 Å². The average Bonchev–Trinajstić information content (AvgIpc) is 2.76. The van der Waals surface area contributed by atoms with Gasteiger partial charge in [0.15, 0.2) is 0 Å². The number of aryl methyl sites for hydroxylation is 2. The van der Waals surface area contributed by atoms with Crippen LogP contribution in [0.2, 0.25) is 0 Å². The number of anilines is 1. The summed E-state index contributed by atoms with van der Waals surface area (Å²) in [4.78, 5) is 15.4. The lowest BCUT2D eigenvalue weighted by Gasteiger charge is -2.33. The molecule has 5 nitrogen and oxygen atoms in total. The van der Waals surface area contributed by atoms with E-state index in [0.29, 0.717) is 18.8 Å². The Morgan fingerprint density at radius 3 is 1.75 bits per heavy atom. The van der Waals surface area contributed by atoms with Crippen LogP contribution in [0.3, 0.4) is 0 Å². The Kier molecular flexibility index (Phi) is 7.36. The van der Waals surface area contributed by atoms with Gasteiger partial charge in [0.2, 0.25) is 15.9 Å². The van der Waals surface area contributed by atoms with E-state index >= 15 is 0 Å². The van der Waals surface area contributed by atoms with Crippen LogP contribution in [0.4, 0.5) is 5.69 Å². The molecule has 0 aliphatic carbocycles. The van der Waals surface area contributed by atoms with Crippen molar-refractivity contribution in [3.05, 3.63) is 101 Å². The number of hydrogen-bond acceptors (Lipinski definition) is 3. The number of carbonyl (C=O) groups is 1. The topological polar surface area (TPSA) is 57.7 Å². The Balaban J connectivity index is 1.96. The Morgan fingerprint density at radius 1 is 0.812 bits per heavy atom. The van der Waals surface area contributed by atoms with Gasteiger partial charge in [-0.15, -0.1) is 0 Å². The van der Waals surface area contributed by atoms with Gasteiger partial charge in [-0.2, -0.15) is 0 Å². The molecule has 0 heterocycles. The summed E-state index contributed by atoms with van der Waals surface area (Å²) in [5, 5.41) is 0. The van der Waals surface area contributed by atoms with Crippen molar-refractivity contribution in [2.24, 2.45) is 0 Å². The molecule has 0 saturated carbocycles. The lowest BCUT2D eigenvalue weighted by atomic mass is 10.1. The Morgan fingerprint density at radius 2 is 1.31 bits per heavy atom. The molecule has 0 aliphatic rings. The molecule has 0 saturated heterocycles. The quantitative estimate of drug-likeness (QED) is 0.500. The van der Waals surface area contributed by atoms with E-state index in [2.05, 4.69) is 0 Å². The van der Waals surface area contributed by atoms with E-state index < -0.39 is 16.1 Å². The lowest BCUT2D eigenvalue weighted by molar-refractivity contribution is -0.133. The van der Waals surface area contributed by atoms with Gasteiger partial charge in [0.05, 0.1) is 11.9 Å². The highest BCUT2D eigenvalue weighted by Gasteiger charge is 2.32. The minimum atomic E-state index is -3.69. The van der Waals surface area contributed by atoms with Crippen LogP contribution in [0.25, 0.3) is 0 Å². The van der Waals surface area contributed by atoms with Crippen LogP contribution in [0, 0.1) is 13.8 Å². The number of carbonyl (C=O) groups excluding carboxylic acids is 1. The average molecular weight is 451 g/mol. The maximum absolute atomic E-state index is 13.7. The second-order valence-corrected chi connectivity index (χ2v) is 10.0. The third-order valence-electron chi connectivity index (χ3n) is 5.56. The summed E-state index contributed by atoms with van der Waals surface area (Å²) >= 11 is 0. The van der Waals surface area contributed by atoms with Gasteiger partial charge < -0.3 is 4.90 Å². The normalized spacial score (nSPS) is 12.2. The van der Waals surface area contributed by atoms with E-state index in [-0.39, 0.29) is 5.91 Å². The molecule has 0 aromatic heterocycles. The number of amides is 1. The van der Waals surface area contributed by atoms with Crippen molar-refractivity contribution in [1.29, 1.82) is 0 Å². The summed E-state index contributed by atoms with van der Waals surface area (Å²) in [5.74, 6) is -0.249. The van der Waals surface area contributed by atoms with Gasteiger partial charge in [0.1, 0.15) is 6.04 Å². The maximum atomic E-state index is 13.7. The highest BCUT2D eigenvalue weighted by atomic mass is 32.2. The van der Waals surface area contributed by atoms with E-state index in [1.807, 2.05) is 86.6 Å². The summed E-state index contributed by atoms with van der Waals surface area (Å²) in [7, 11) is -3.69. The monoisotopic (exact) mass is 450 g/mol. The summed E-state index contributed by atoms with van der Waals surface area (Å²) in [6, 6.07) is 24.0. The van der Waals surface area contributed by atoms with E-state index in [1.54, 1.807) is 17.9 Å². The molecular formula is C26H30N2O3S. The molecular weight excluding hydrogens is 420 g/mol. The molecule has 0 aliphatic heterocycles. The smallest absolute Gasteiger partial charge is 0.246 e. The third kappa shape index (κ3) is 5.77. The van der Waals surface area contributed by atoms with Crippen LogP contribution < -0.4 is 4.31 Å². The minimum absolute atomic E-state index is 0.249. The van der Waals surface area contributed by atoms with Crippen LogP contribution in [0.15, 0.2) is 78.9 Å². The number of hydrogen-bond donors (Lipinski definition) is 0. The fourth-order valence-electron chi connectivity index (χ4n) is 3.75. The van der Waals surface area contributed by atoms with Gasteiger partial charge in [0, 0.05) is 13.1 Å². The zero-order chi connectivity index (χ0) is 23.3. The summed E-state index contributed by atoms with van der Waals surface area (Å²) < 4.78 is 26.8. The Labute approximate surface area is 191 Å². The summed E-state index contributed by atoms with van der Waals surface area (Å²) in [6.45, 7) is 6.34. The zero-order valence-electron chi connectivity index (χ0n) is 19.0. The molecule has 3 aromatic rings. The predicted octanol–water partition coefficient (Wildman–Crippen LogP) is 4.69. The van der Waals surface area contributed by atoms with Crippen molar-refractivity contribution in [3.8, 4) is 0 Å². The van der Waals surface area contributed by atoms with Crippen molar-refractivity contribution < 1.29 is 13.2 Å². The summed E-state index contributed by atoms with van der Waals surface area (Å²) in [6.07, 6.45) is 1.14. The van der Waals surface area contributed by atoms with E-state index in [4.69, 9.17) is 0 Å². The molecule has 0 fully saturated rings. The SMILES string of the molecule is Cc1ccc(N([C@H](C)C(=O)N(Cc2ccccc2)Cc2ccccc2)S(C)(=O)=O)cc1C.